The van der Waals surface area contributed by atoms with Crippen LogP contribution in [-0.4, -0.2) is 18.8 Å². The maximum absolute atomic E-state index is 12.6. The van der Waals surface area contributed by atoms with E-state index in [4.69, 9.17) is 10.1 Å². The molecule has 26 heavy (non-hydrogen) atoms. The number of nitrogens with one attached hydrogen (secondary N) is 1. The molecule has 0 aromatic heterocycles. The quantitative estimate of drug-likeness (QED) is 0.570. The molecule has 1 aromatic carbocycles. The normalized spacial score (nSPS) is 19.8. The monoisotopic (exact) mass is 349 g/mol. The number of ether oxygens (including phenoxy) is 1. The number of hydrogen-bond acceptors (Lipinski definition) is 3. The Hall–Kier alpha value is -2.42. The maximum atomic E-state index is 12.6. The van der Waals surface area contributed by atoms with Crippen LogP contribution in [0.1, 0.15) is 56.6 Å². The van der Waals surface area contributed by atoms with Crippen molar-refractivity contribution in [2.75, 3.05) is 6.61 Å². The van der Waals surface area contributed by atoms with E-state index in [1.54, 1.807) is 0 Å². The van der Waals surface area contributed by atoms with Crippen LogP contribution in [0.4, 0.5) is 0 Å². The van der Waals surface area contributed by atoms with Gasteiger partial charge in [0.1, 0.15) is 0 Å². The summed E-state index contributed by atoms with van der Waals surface area (Å²) in [5, 5.41) is 7.97. The second-order valence-electron chi connectivity index (χ2n) is 7.18. The van der Waals surface area contributed by atoms with Gasteiger partial charge in [-0.05, 0) is 61.8 Å². The van der Waals surface area contributed by atoms with Gasteiger partial charge in [0.05, 0.1) is 12.2 Å². The SMILES string of the molecule is CCCOC(=O)C1=CCC(c2ccc(C)cc2)C2=C1CCC(C)=C2C=N. The molecule has 0 spiro atoms. The highest BCUT2D eigenvalue weighted by molar-refractivity contribution is 5.97. The second-order valence-corrected chi connectivity index (χ2v) is 7.18. The molecule has 3 heteroatoms. The van der Waals surface area contributed by atoms with Gasteiger partial charge in [-0.1, -0.05) is 48.4 Å². The van der Waals surface area contributed by atoms with E-state index >= 15 is 0 Å². The van der Waals surface area contributed by atoms with Crippen molar-refractivity contribution in [3.63, 3.8) is 0 Å². The Morgan fingerprint density at radius 2 is 1.96 bits per heavy atom. The van der Waals surface area contributed by atoms with Crippen molar-refractivity contribution in [3.8, 4) is 0 Å². The summed E-state index contributed by atoms with van der Waals surface area (Å²) in [6.45, 7) is 6.64. The van der Waals surface area contributed by atoms with Crippen LogP contribution in [0, 0.1) is 12.3 Å². The van der Waals surface area contributed by atoms with Crippen LogP contribution in [0.15, 0.2) is 58.2 Å². The first kappa shape index (κ1) is 18.4. The Bertz CT molecular complexity index is 809. The molecule has 2 aliphatic rings. The summed E-state index contributed by atoms with van der Waals surface area (Å²) in [6.07, 6.45) is 6.83. The highest BCUT2D eigenvalue weighted by Gasteiger charge is 2.33. The third kappa shape index (κ3) is 3.44. The summed E-state index contributed by atoms with van der Waals surface area (Å²) in [5.41, 5.74) is 7.65. The Morgan fingerprint density at radius 1 is 1.23 bits per heavy atom. The van der Waals surface area contributed by atoms with Crippen molar-refractivity contribution in [1.82, 2.24) is 0 Å². The van der Waals surface area contributed by atoms with Crippen LogP contribution in [0.2, 0.25) is 0 Å². The minimum Gasteiger partial charge on any atom is -0.462 e. The molecule has 0 bridgehead atoms. The molecule has 1 unspecified atom stereocenters. The lowest BCUT2D eigenvalue weighted by molar-refractivity contribution is -0.138. The van der Waals surface area contributed by atoms with Gasteiger partial charge in [-0.25, -0.2) is 4.79 Å². The Kier molecular flexibility index (Phi) is 5.55. The second kappa shape index (κ2) is 7.86. The lowest BCUT2D eigenvalue weighted by Crippen LogP contribution is -2.22. The lowest BCUT2D eigenvalue weighted by Gasteiger charge is -2.33. The fourth-order valence-electron chi connectivity index (χ4n) is 3.91. The molecule has 3 nitrogen and oxygen atoms in total. The van der Waals surface area contributed by atoms with Crippen molar-refractivity contribution < 1.29 is 9.53 Å². The van der Waals surface area contributed by atoms with E-state index < -0.39 is 0 Å². The molecule has 1 aromatic rings. The van der Waals surface area contributed by atoms with E-state index in [9.17, 15) is 4.79 Å². The van der Waals surface area contributed by atoms with Crippen molar-refractivity contribution in [2.24, 2.45) is 0 Å². The lowest BCUT2D eigenvalue weighted by atomic mass is 9.71. The first-order valence-electron chi connectivity index (χ1n) is 9.44. The molecule has 0 saturated carbocycles. The number of hydrogen-bond donors (Lipinski definition) is 1. The molecule has 0 amide bonds. The van der Waals surface area contributed by atoms with Crippen molar-refractivity contribution in [3.05, 3.63) is 69.3 Å². The van der Waals surface area contributed by atoms with Gasteiger partial charge >= 0.3 is 5.97 Å². The third-order valence-electron chi connectivity index (χ3n) is 5.34. The minimum atomic E-state index is -0.217. The largest absolute Gasteiger partial charge is 0.462 e. The molecule has 2 aliphatic carbocycles. The van der Waals surface area contributed by atoms with Gasteiger partial charge in [-0.15, -0.1) is 0 Å². The summed E-state index contributed by atoms with van der Waals surface area (Å²) in [7, 11) is 0. The molecule has 3 rings (SSSR count). The number of benzene rings is 1. The highest BCUT2D eigenvalue weighted by atomic mass is 16.5. The van der Waals surface area contributed by atoms with Crippen LogP contribution in [0.5, 0.6) is 0 Å². The van der Waals surface area contributed by atoms with Crippen LogP contribution in [-0.2, 0) is 9.53 Å². The molecular formula is C23H27NO2. The molecule has 1 atom stereocenters. The van der Waals surface area contributed by atoms with Gasteiger partial charge in [-0.2, -0.15) is 0 Å². The van der Waals surface area contributed by atoms with E-state index in [0.717, 1.165) is 42.4 Å². The van der Waals surface area contributed by atoms with Gasteiger partial charge in [0.2, 0.25) is 0 Å². The van der Waals surface area contributed by atoms with E-state index in [0.29, 0.717) is 12.2 Å². The topological polar surface area (TPSA) is 50.2 Å². The first-order valence-corrected chi connectivity index (χ1v) is 9.44. The van der Waals surface area contributed by atoms with Crippen molar-refractivity contribution >= 4 is 12.2 Å². The number of aryl methyl sites for hydroxylation is 1. The summed E-state index contributed by atoms with van der Waals surface area (Å²) in [6, 6.07) is 8.61. The van der Waals surface area contributed by atoms with Crippen LogP contribution >= 0.6 is 0 Å². The van der Waals surface area contributed by atoms with E-state index in [1.807, 2.05) is 13.0 Å². The van der Waals surface area contributed by atoms with Crippen LogP contribution < -0.4 is 0 Å². The Morgan fingerprint density at radius 3 is 2.62 bits per heavy atom. The van der Waals surface area contributed by atoms with E-state index in [1.165, 1.54) is 22.9 Å². The van der Waals surface area contributed by atoms with E-state index in [2.05, 4.69) is 38.1 Å². The zero-order valence-corrected chi connectivity index (χ0v) is 15.9. The zero-order valence-electron chi connectivity index (χ0n) is 15.9. The third-order valence-corrected chi connectivity index (χ3v) is 5.34. The molecule has 0 fully saturated rings. The van der Waals surface area contributed by atoms with Crippen LogP contribution in [0.25, 0.3) is 0 Å². The predicted octanol–water partition coefficient (Wildman–Crippen LogP) is 5.42. The molecule has 0 heterocycles. The van der Waals surface area contributed by atoms with Gasteiger partial charge in [-0.3, -0.25) is 0 Å². The minimum absolute atomic E-state index is 0.195. The number of rotatable bonds is 5. The number of esters is 1. The number of carbonyl (C=O) groups is 1. The fraction of sp³-hybridized carbons (Fsp3) is 0.391. The Balaban J connectivity index is 2.07. The first-order chi connectivity index (χ1) is 12.6. The zero-order chi connectivity index (χ0) is 18.7. The number of carbonyl (C=O) groups excluding carboxylic acids is 1. The maximum Gasteiger partial charge on any atom is 0.338 e. The average Bonchev–Trinajstić information content (AvgIpc) is 2.66. The van der Waals surface area contributed by atoms with Gasteiger partial charge in [0.25, 0.3) is 0 Å². The van der Waals surface area contributed by atoms with Gasteiger partial charge < -0.3 is 10.1 Å². The fourth-order valence-corrected chi connectivity index (χ4v) is 3.91. The highest BCUT2D eigenvalue weighted by Crippen LogP contribution is 2.46. The van der Waals surface area contributed by atoms with Gasteiger partial charge in [0.15, 0.2) is 0 Å². The summed E-state index contributed by atoms with van der Waals surface area (Å²) < 4.78 is 5.42. The van der Waals surface area contributed by atoms with Crippen LogP contribution in [0.3, 0.4) is 0 Å². The molecule has 0 saturated heterocycles. The standard InChI is InChI=1S/C23H27NO2/c1-4-13-26-23(25)20-12-11-18(17-8-5-15(2)6-9-17)22-19(20)10-7-16(3)21(22)14-24/h5-6,8-9,12,14,18,24H,4,7,10-11,13H2,1-3H3. The molecule has 1 N–H and O–H groups in total. The van der Waals surface area contributed by atoms with Gasteiger partial charge in [0, 0.05) is 12.1 Å². The summed E-state index contributed by atoms with van der Waals surface area (Å²) in [5.74, 6) is -0.0224. The average molecular weight is 349 g/mol. The summed E-state index contributed by atoms with van der Waals surface area (Å²) >= 11 is 0. The summed E-state index contributed by atoms with van der Waals surface area (Å²) in [4.78, 5) is 12.6. The molecular weight excluding hydrogens is 322 g/mol. The van der Waals surface area contributed by atoms with Crippen molar-refractivity contribution in [1.29, 1.82) is 5.41 Å². The van der Waals surface area contributed by atoms with Crippen molar-refractivity contribution in [2.45, 2.75) is 52.4 Å². The van der Waals surface area contributed by atoms with E-state index in [-0.39, 0.29) is 11.9 Å². The smallest absolute Gasteiger partial charge is 0.338 e. The number of allylic oxidation sites excluding steroid dienone is 4. The molecule has 0 aliphatic heterocycles. The predicted molar refractivity (Wildman–Crippen MR) is 106 cm³/mol. The molecule has 136 valence electrons. The Labute approximate surface area is 156 Å². The molecule has 0 radical (unpaired) electrons.